The Morgan fingerprint density at radius 1 is 1.06 bits per heavy atom. The molecule has 31 heavy (non-hydrogen) atoms. The third kappa shape index (κ3) is 6.67. The predicted molar refractivity (Wildman–Crippen MR) is 115 cm³/mol. The van der Waals surface area contributed by atoms with Crippen LogP contribution in [-0.2, 0) is 4.74 Å². The van der Waals surface area contributed by atoms with Gasteiger partial charge in [-0.25, -0.2) is 4.39 Å². The molecular weight excluding hydrogens is 407 g/mol. The van der Waals surface area contributed by atoms with Crippen LogP contribution in [0.15, 0.2) is 36.4 Å². The number of methoxy groups -OCH3 is 2. The highest BCUT2D eigenvalue weighted by atomic mass is 19.1. The lowest BCUT2D eigenvalue weighted by atomic mass is 10.1. The van der Waals surface area contributed by atoms with E-state index in [1.165, 1.54) is 20.3 Å². The van der Waals surface area contributed by atoms with Crippen molar-refractivity contribution in [1.29, 1.82) is 0 Å². The lowest BCUT2D eigenvalue weighted by molar-refractivity contribution is -0.185. The summed E-state index contributed by atoms with van der Waals surface area (Å²) >= 11 is 0. The number of ether oxygens (including phenoxy) is 4. The Balaban J connectivity index is 0.00000166. The molecule has 0 aliphatic carbocycles. The summed E-state index contributed by atoms with van der Waals surface area (Å²) in [5, 5.41) is 26.4. The maximum absolute atomic E-state index is 14.0. The van der Waals surface area contributed by atoms with Crippen molar-refractivity contribution in [1.82, 2.24) is 0 Å². The van der Waals surface area contributed by atoms with E-state index in [1.54, 1.807) is 42.5 Å². The van der Waals surface area contributed by atoms with E-state index < -0.39 is 18.5 Å². The van der Waals surface area contributed by atoms with Gasteiger partial charge in [-0.15, -0.1) is 0 Å². The van der Waals surface area contributed by atoms with Gasteiger partial charge in [0.2, 0.25) is 6.29 Å². The SMILES string of the molecule is CO.COc1cc(/C=C/c2ccccc2F)c(OC2CC(O)CC(CO)O2)c(OC)c1. The molecule has 0 radical (unpaired) electrons. The minimum atomic E-state index is -0.765. The number of hydrogen-bond acceptors (Lipinski definition) is 7. The highest BCUT2D eigenvalue weighted by molar-refractivity contribution is 5.75. The van der Waals surface area contributed by atoms with Crippen LogP contribution in [-0.4, -0.2) is 61.8 Å². The fraction of sp³-hybridized carbons (Fsp3) is 0.391. The first-order valence-electron chi connectivity index (χ1n) is 9.78. The largest absolute Gasteiger partial charge is 0.497 e. The highest BCUT2D eigenvalue weighted by Crippen LogP contribution is 2.39. The van der Waals surface area contributed by atoms with Crippen molar-refractivity contribution < 1.29 is 38.7 Å². The van der Waals surface area contributed by atoms with Gasteiger partial charge < -0.3 is 34.3 Å². The molecule has 0 saturated carbocycles. The Labute approximate surface area is 181 Å². The lowest BCUT2D eigenvalue weighted by Gasteiger charge is -2.32. The van der Waals surface area contributed by atoms with Crippen molar-refractivity contribution >= 4 is 12.2 Å². The van der Waals surface area contributed by atoms with Crippen molar-refractivity contribution in [2.45, 2.75) is 31.3 Å². The molecule has 0 bridgehead atoms. The molecule has 2 aromatic carbocycles. The molecule has 0 spiro atoms. The normalized spacial score (nSPS) is 20.7. The Hall–Kier alpha value is -2.65. The van der Waals surface area contributed by atoms with Gasteiger partial charge in [-0.3, -0.25) is 0 Å². The van der Waals surface area contributed by atoms with Crippen molar-refractivity contribution in [3.05, 3.63) is 53.3 Å². The van der Waals surface area contributed by atoms with Gasteiger partial charge in [0.1, 0.15) is 11.6 Å². The van der Waals surface area contributed by atoms with Crippen molar-refractivity contribution in [2.75, 3.05) is 27.9 Å². The van der Waals surface area contributed by atoms with Gasteiger partial charge in [-0.05, 0) is 12.1 Å². The predicted octanol–water partition coefficient (Wildman–Crippen LogP) is 2.86. The number of benzene rings is 2. The Morgan fingerprint density at radius 2 is 1.77 bits per heavy atom. The summed E-state index contributed by atoms with van der Waals surface area (Å²) in [6.45, 7) is -0.212. The van der Waals surface area contributed by atoms with Crippen molar-refractivity contribution in [3.8, 4) is 17.2 Å². The Morgan fingerprint density at radius 3 is 2.42 bits per heavy atom. The molecule has 3 N–H and O–H groups in total. The average Bonchev–Trinajstić information content (AvgIpc) is 2.80. The quantitative estimate of drug-likeness (QED) is 0.574. The number of hydrogen-bond donors (Lipinski definition) is 3. The summed E-state index contributed by atoms with van der Waals surface area (Å²) in [7, 11) is 4.03. The van der Waals surface area contributed by atoms with Gasteiger partial charge >= 0.3 is 0 Å². The molecule has 1 fully saturated rings. The molecule has 7 nitrogen and oxygen atoms in total. The van der Waals surface area contributed by atoms with E-state index in [2.05, 4.69) is 0 Å². The number of halogens is 1. The first-order chi connectivity index (χ1) is 15.0. The van der Waals surface area contributed by atoms with E-state index in [0.29, 0.717) is 34.8 Å². The molecule has 3 unspecified atom stereocenters. The molecule has 1 aliphatic rings. The first-order valence-corrected chi connectivity index (χ1v) is 9.78. The van der Waals surface area contributed by atoms with Crippen LogP contribution in [0.1, 0.15) is 24.0 Å². The zero-order chi connectivity index (χ0) is 22.8. The highest BCUT2D eigenvalue weighted by Gasteiger charge is 2.30. The smallest absolute Gasteiger partial charge is 0.202 e. The third-order valence-corrected chi connectivity index (χ3v) is 4.66. The summed E-state index contributed by atoms with van der Waals surface area (Å²) in [5.41, 5.74) is 1.01. The zero-order valence-corrected chi connectivity index (χ0v) is 17.8. The number of aliphatic hydroxyl groups excluding tert-OH is 3. The van der Waals surface area contributed by atoms with E-state index >= 15 is 0 Å². The minimum Gasteiger partial charge on any atom is -0.497 e. The summed E-state index contributed by atoms with van der Waals surface area (Å²) in [6.07, 6.45) is 2.00. The second-order valence-electron chi connectivity index (χ2n) is 6.72. The van der Waals surface area contributed by atoms with Crippen LogP contribution in [0.2, 0.25) is 0 Å². The molecule has 2 aromatic rings. The van der Waals surface area contributed by atoms with Crippen LogP contribution >= 0.6 is 0 Å². The molecular formula is C23H29FO7. The molecule has 0 aromatic heterocycles. The number of aliphatic hydroxyl groups is 3. The van der Waals surface area contributed by atoms with E-state index in [1.807, 2.05) is 0 Å². The lowest BCUT2D eigenvalue weighted by Crippen LogP contribution is -2.40. The van der Waals surface area contributed by atoms with Gasteiger partial charge in [0.15, 0.2) is 11.5 Å². The van der Waals surface area contributed by atoms with Crippen LogP contribution in [0.5, 0.6) is 17.2 Å². The molecule has 1 heterocycles. The van der Waals surface area contributed by atoms with Gasteiger partial charge in [-0.2, -0.15) is 0 Å². The maximum atomic E-state index is 14.0. The van der Waals surface area contributed by atoms with Crippen LogP contribution in [0.4, 0.5) is 4.39 Å². The molecule has 170 valence electrons. The molecule has 1 aliphatic heterocycles. The van der Waals surface area contributed by atoms with Crippen molar-refractivity contribution in [2.24, 2.45) is 0 Å². The van der Waals surface area contributed by atoms with E-state index in [0.717, 1.165) is 7.11 Å². The van der Waals surface area contributed by atoms with Crippen LogP contribution < -0.4 is 14.2 Å². The second-order valence-corrected chi connectivity index (χ2v) is 6.72. The van der Waals surface area contributed by atoms with Crippen LogP contribution in [0.3, 0.4) is 0 Å². The van der Waals surface area contributed by atoms with Crippen LogP contribution in [0, 0.1) is 5.82 Å². The summed E-state index contributed by atoms with van der Waals surface area (Å²) in [4.78, 5) is 0. The summed E-state index contributed by atoms with van der Waals surface area (Å²) < 4.78 is 36.5. The monoisotopic (exact) mass is 436 g/mol. The molecule has 0 amide bonds. The van der Waals surface area contributed by atoms with Gasteiger partial charge in [-0.1, -0.05) is 30.4 Å². The molecule has 3 atom stereocenters. The van der Waals surface area contributed by atoms with Crippen molar-refractivity contribution in [3.63, 3.8) is 0 Å². The zero-order valence-electron chi connectivity index (χ0n) is 17.8. The Kier molecular flexibility index (Phi) is 9.74. The van der Waals surface area contributed by atoms with Gasteiger partial charge in [0.25, 0.3) is 0 Å². The molecule has 3 rings (SSSR count). The Bertz CT molecular complexity index is 856. The summed E-state index contributed by atoms with van der Waals surface area (Å²) in [5.74, 6) is 0.976. The topological polar surface area (TPSA) is 97.6 Å². The fourth-order valence-electron chi connectivity index (χ4n) is 3.18. The van der Waals surface area contributed by atoms with E-state index in [9.17, 15) is 14.6 Å². The number of rotatable bonds is 7. The average molecular weight is 436 g/mol. The van der Waals surface area contributed by atoms with Crippen LogP contribution in [0.25, 0.3) is 12.2 Å². The second kappa shape index (κ2) is 12.3. The minimum absolute atomic E-state index is 0.212. The fourth-order valence-corrected chi connectivity index (χ4v) is 3.18. The molecule has 1 saturated heterocycles. The maximum Gasteiger partial charge on any atom is 0.202 e. The third-order valence-electron chi connectivity index (χ3n) is 4.66. The van der Waals surface area contributed by atoms with E-state index in [4.69, 9.17) is 24.1 Å². The van der Waals surface area contributed by atoms with Gasteiger partial charge in [0, 0.05) is 37.1 Å². The first kappa shape index (κ1) is 24.6. The standard InChI is InChI=1S/C22H25FO6.CH4O/c1-26-17-9-15(8-7-14-5-3-4-6-19(14)23)22(20(12-17)27-2)29-21-11-16(25)10-18(13-24)28-21;1-2/h3-9,12,16,18,21,24-25H,10-11,13H2,1-2H3;2H,1H3/b8-7+;. The molecule has 8 heteroatoms. The summed E-state index contributed by atoms with van der Waals surface area (Å²) in [6, 6.07) is 9.82. The van der Waals surface area contributed by atoms with Gasteiger partial charge in [0.05, 0.1) is 33.0 Å². The van der Waals surface area contributed by atoms with E-state index in [-0.39, 0.29) is 18.8 Å².